The van der Waals surface area contributed by atoms with Gasteiger partial charge in [0.05, 0.1) is 16.2 Å². The first-order chi connectivity index (χ1) is 11.2. The van der Waals surface area contributed by atoms with Gasteiger partial charge in [0, 0.05) is 19.0 Å². The molecule has 6 nitrogen and oxygen atoms in total. The molecule has 1 aromatic carbocycles. The summed E-state index contributed by atoms with van der Waals surface area (Å²) in [6.07, 6.45) is 1.85. The number of carboxylic acids is 1. The zero-order chi connectivity index (χ0) is 17.9. The molecule has 0 bridgehead atoms. The molecule has 7 heteroatoms. The lowest BCUT2D eigenvalue weighted by Gasteiger charge is -2.25. The molecule has 0 saturated carbocycles. The predicted molar refractivity (Wildman–Crippen MR) is 89.6 cm³/mol. The maximum atomic E-state index is 12.6. The number of likely N-dealkylation sites (tertiary alicyclic amines) is 1. The van der Waals surface area contributed by atoms with Crippen LogP contribution in [0.5, 0.6) is 0 Å². The van der Waals surface area contributed by atoms with E-state index in [0.717, 1.165) is 6.42 Å². The summed E-state index contributed by atoms with van der Waals surface area (Å²) in [7, 11) is -3.65. The standard InChI is InChI=1S/C17H23NO5S/c1-12(2)9-16(19)18-8-4-6-14(18)11-24(22,23)15-7-3-5-13(10-15)17(20)21/h3,5,7,10,12,14H,4,6,8-9,11H2,1-2H3,(H,20,21). The topological polar surface area (TPSA) is 91.8 Å². The summed E-state index contributed by atoms with van der Waals surface area (Å²) < 4.78 is 25.2. The maximum absolute atomic E-state index is 12.6. The van der Waals surface area contributed by atoms with Gasteiger partial charge in [-0.2, -0.15) is 0 Å². The number of sulfone groups is 1. The Labute approximate surface area is 142 Å². The van der Waals surface area contributed by atoms with Gasteiger partial charge in [0.1, 0.15) is 0 Å². The second-order valence-corrected chi connectivity index (χ2v) is 8.63. The van der Waals surface area contributed by atoms with E-state index in [2.05, 4.69) is 0 Å². The summed E-state index contributed by atoms with van der Waals surface area (Å²) in [6.45, 7) is 4.50. The van der Waals surface area contributed by atoms with Gasteiger partial charge < -0.3 is 10.0 Å². The summed E-state index contributed by atoms with van der Waals surface area (Å²) in [4.78, 5) is 25.0. The van der Waals surface area contributed by atoms with E-state index >= 15 is 0 Å². The number of hydrogen-bond acceptors (Lipinski definition) is 4. The number of benzene rings is 1. The van der Waals surface area contributed by atoms with E-state index in [0.29, 0.717) is 19.4 Å². The highest BCUT2D eigenvalue weighted by Gasteiger charge is 2.33. The average molecular weight is 353 g/mol. The van der Waals surface area contributed by atoms with Crippen molar-refractivity contribution in [2.45, 2.75) is 44.0 Å². The van der Waals surface area contributed by atoms with E-state index < -0.39 is 15.8 Å². The average Bonchev–Trinajstić information content (AvgIpc) is 2.94. The first kappa shape index (κ1) is 18.4. The number of carbonyl (C=O) groups excluding carboxylic acids is 1. The van der Waals surface area contributed by atoms with Crippen molar-refractivity contribution in [3.63, 3.8) is 0 Å². The van der Waals surface area contributed by atoms with Crippen molar-refractivity contribution < 1.29 is 23.1 Å². The first-order valence-electron chi connectivity index (χ1n) is 8.06. The van der Waals surface area contributed by atoms with E-state index in [1.807, 2.05) is 13.8 Å². The maximum Gasteiger partial charge on any atom is 0.335 e. The predicted octanol–water partition coefficient (Wildman–Crippen LogP) is 2.20. The van der Waals surface area contributed by atoms with Crippen LogP contribution in [0.15, 0.2) is 29.2 Å². The van der Waals surface area contributed by atoms with Crippen LogP contribution < -0.4 is 0 Å². The highest BCUT2D eigenvalue weighted by molar-refractivity contribution is 7.91. The Bertz CT molecular complexity index is 726. The van der Waals surface area contributed by atoms with Gasteiger partial charge in [0.25, 0.3) is 0 Å². The Morgan fingerprint density at radius 1 is 1.33 bits per heavy atom. The van der Waals surface area contributed by atoms with Gasteiger partial charge in [-0.1, -0.05) is 19.9 Å². The summed E-state index contributed by atoms with van der Waals surface area (Å²) in [5.74, 6) is -1.12. The summed E-state index contributed by atoms with van der Waals surface area (Å²) in [6, 6.07) is 5.01. The number of rotatable bonds is 6. The molecular weight excluding hydrogens is 330 g/mol. The molecule has 1 aliphatic heterocycles. The Kier molecular flexibility index (Phi) is 5.64. The molecular formula is C17H23NO5S. The lowest BCUT2D eigenvalue weighted by Crippen LogP contribution is -2.40. The number of aromatic carboxylic acids is 1. The van der Waals surface area contributed by atoms with Crippen molar-refractivity contribution in [3.05, 3.63) is 29.8 Å². The van der Waals surface area contributed by atoms with Crippen LogP contribution in [0.1, 0.15) is 43.5 Å². The van der Waals surface area contributed by atoms with Crippen LogP contribution in [-0.2, 0) is 14.6 Å². The van der Waals surface area contributed by atoms with E-state index in [4.69, 9.17) is 5.11 Å². The fourth-order valence-corrected chi connectivity index (χ4v) is 4.61. The summed E-state index contributed by atoms with van der Waals surface area (Å²) >= 11 is 0. The third-order valence-electron chi connectivity index (χ3n) is 4.13. The molecule has 24 heavy (non-hydrogen) atoms. The van der Waals surface area contributed by atoms with Crippen LogP contribution in [0.25, 0.3) is 0 Å². The molecule has 1 N–H and O–H groups in total. The minimum absolute atomic E-state index is 0.00874. The first-order valence-corrected chi connectivity index (χ1v) is 9.71. The second kappa shape index (κ2) is 7.34. The summed E-state index contributed by atoms with van der Waals surface area (Å²) in [5.41, 5.74) is -0.0600. The minimum atomic E-state index is -3.65. The van der Waals surface area contributed by atoms with E-state index in [-0.39, 0.29) is 34.1 Å². The van der Waals surface area contributed by atoms with Crippen molar-refractivity contribution in [2.75, 3.05) is 12.3 Å². The van der Waals surface area contributed by atoms with Crippen molar-refractivity contribution in [3.8, 4) is 0 Å². The van der Waals surface area contributed by atoms with Crippen LogP contribution in [-0.4, -0.2) is 48.6 Å². The highest BCUT2D eigenvalue weighted by atomic mass is 32.2. The van der Waals surface area contributed by atoms with Gasteiger partial charge in [-0.15, -0.1) is 0 Å². The zero-order valence-electron chi connectivity index (χ0n) is 13.9. The Balaban J connectivity index is 2.17. The van der Waals surface area contributed by atoms with Crippen molar-refractivity contribution in [1.29, 1.82) is 0 Å². The Morgan fingerprint density at radius 3 is 2.67 bits per heavy atom. The number of hydrogen-bond donors (Lipinski definition) is 1. The van der Waals surface area contributed by atoms with Gasteiger partial charge >= 0.3 is 5.97 Å². The SMILES string of the molecule is CC(C)CC(=O)N1CCCC1CS(=O)(=O)c1cccc(C(=O)O)c1. The molecule has 0 spiro atoms. The molecule has 1 aromatic rings. The molecule has 1 saturated heterocycles. The molecule has 132 valence electrons. The van der Waals surface area contributed by atoms with Crippen LogP contribution in [0.2, 0.25) is 0 Å². The molecule has 1 heterocycles. The van der Waals surface area contributed by atoms with Crippen molar-refractivity contribution >= 4 is 21.7 Å². The summed E-state index contributed by atoms with van der Waals surface area (Å²) in [5, 5.41) is 9.01. The van der Waals surface area contributed by atoms with E-state index in [1.54, 1.807) is 4.90 Å². The van der Waals surface area contributed by atoms with Gasteiger partial charge in [0.2, 0.25) is 5.91 Å². The van der Waals surface area contributed by atoms with Crippen LogP contribution >= 0.6 is 0 Å². The molecule has 1 unspecified atom stereocenters. The molecule has 2 rings (SSSR count). The number of nitrogens with zero attached hydrogens (tertiary/aromatic N) is 1. The molecule has 1 fully saturated rings. The smallest absolute Gasteiger partial charge is 0.335 e. The Morgan fingerprint density at radius 2 is 2.04 bits per heavy atom. The van der Waals surface area contributed by atoms with E-state index in [1.165, 1.54) is 24.3 Å². The number of carboxylic acid groups (broad SMARTS) is 1. The van der Waals surface area contributed by atoms with Crippen LogP contribution in [0, 0.1) is 5.92 Å². The fourth-order valence-electron chi connectivity index (χ4n) is 2.98. The third-order valence-corrected chi connectivity index (χ3v) is 5.93. The monoisotopic (exact) mass is 353 g/mol. The van der Waals surface area contributed by atoms with Gasteiger partial charge in [0.15, 0.2) is 9.84 Å². The van der Waals surface area contributed by atoms with Crippen LogP contribution in [0.3, 0.4) is 0 Å². The largest absolute Gasteiger partial charge is 0.478 e. The van der Waals surface area contributed by atoms with Gasteiger partial charge in [-0.05, 0) is 37.0 Å². The second-order valence-electron chi connectivity index (χ2n) is 6.60. The van der Waals surface area contributed by atoms with Crippen molar-refractivity contribution in [2.24, 2.45) is 5.92 Å². The normalized spacial score (nSPS) is 18.1. The van der Waals surface area contributed by atoms with Gasteiger partial charge in [-0.25, -0.2) is 13.2 Å². The minimum Gasteiger partial charge on any atom is -0.478 e. The highest BCUT2D eigenvalue weighted by Crippen LogP contribution is 2.24. The Hall–Kier alpha value is -1.89. The zero-order valence-corrected chi connectivity index (χ0v) is 14.8. The molecule has 0 radical (unpaired) electrons. The lowest BCUT2D eigenvalue weighted by atomic mass is 10.1. The number of carbonyl (C=O) groups is 2. The third kappa shape index (κ3) is 4.35. The molecule has 1 atom stereocenters. The molecule has 0 aliphatic carbocycles. The lowest BCUT2D eigenvalue weighted by molar-refractivity contribution is -0.132. The molecule has 1 amide bonds. The van der Waals surface area contributed by atoms with Gasteiger partial charge in [-0.3, -0.25) is 4.79 Å². The van der Waals surface area contributed by atoms with Crippen LogP contribution in [0.4, 0.5) is 0 Å². The molecule has 1 aliphatic rings. The number of amides is 1. The fraction of sp³-hybridized carbons (Fsp3) is 0.529. The van der Waals surface area contributed by atoms with Crippen molar-refractivity contribution in [1.82, 2.24) is 4.90 Å². The quantitative estimate of drug-likeness (QED) is 0.846. The molecule has 0 aromatic heterocycles. The van der Waals surface area contributed by atoms with E-state index in [9.17, 15) is 18.0 Å².